The van der Waals surface area contributed by atoms with Gasteiger partial charge in [0.25, 0.3) is 0 Å². The van der Waals surface area contributed by atoms with Crippen LogP contribution in [0.3, 0.4) is 0 Å². The van der Waals surface area contributed by atoms with Crippen LogP contribution in [0.4, 0.5) is 0 Å². The van der Waals surface area contributed by atoms with Crippen molar-refractivity contribution in [1.29, 1.82) is 0 Å². The summed E-state index contributed by atoms with van der Waals surface area (Å²) in [6.07, 6.45) is 1.19. The summed E-state index contributed by atoms with van der Waals surface area (Å²) in [6, 6.07) is 9.18. The van der Waals surface area contributed by atoms with Crippen molar-refractivity contribution >= 4 is 15.9 Å². The predicted octanol–water partition coefficient (Wildman–Crippen LogP) is 2.17. The summed E-state index contributed by atoms with van der Waals surface area (Å²) in [6.45, 7) is 7.86. The first kappa shape index (κ1) is 18.6. The summed E-state index contributed by atoms with van der Waals surface area (Å²) < 4.78 is 25.5. The summed E-state index contributed by atoms with van der Waals surface area (Å²) in [5.41, 5.74) is 0.441. The van der Waals surface area contributed by atoms with Crippen molar-refractivity contribution in [2.75, 3.05) is 19.3 Å². The van der Waals surface area contributed by atoms with Crippen molar-refractivity contribution < 1.29 is 13.2 Å². The minimum absolute atomic E-state index is 0.0895. The highest BCUT2D eigenvalue weighted by atomic mass is 32.2. The smallest absolute Gasteiger partial charge is 0.225 e. The predicted molar refractivity (Wildman–Crippen MR) is 88.9 cm³/mol. The fourth-order valence-corrected chi connectivity index (χ4v) is 3.21. The molecule has 0 spiro atoms. The van der Waals surface area contributed by atoms with Crippen LogP contribution in [-0.4, -0.2) is 38.0 Å². The second-order valence-corrected chi connectivity index (χ2v) is 8.40. The van der Waals surface area contributed by atoms with E-state index in [2.05, 4.69) is 5.32 Å². The number of sulfonamides is 1. The van der Waals surface area contributed by atoms with Gasteiger partial charge in [-0.2, -0.15) is 4.31 Å². The summed E-state index contributed by atoms with van der Waals surface area (Å²) in [5.74, 6) is -0.0895. The molecule has 0 saturated heterocycles. The van der Waals surface area contributed by atoms with Gasteiger partial charge in [0.1, 0.15) is 0 Å². The van der Waals surface area contributed by atoms with E-state index in [0.29, 0.717) is 6.54 Å². The third-order valence-corrected chi connectivity index (χ3v) is 4.79. The van der Waals surface area contributed by atoms with Crippen molar-refractivity contribution in [3.63, 3.8) is 0 Å². The fourth-order valence-electron chi connectivity index (χ4n) is 2.09. The molecule has 1 amide bonds. The molecule has 0 heterocycles. The molecule has 1 atom stereocenters. The number of hydrogen-bond acceptors (Lipinski definition) is 3. The van der Waals surface area contributed by atoms with Crippen LogP contribution in [0.2, 0.25) is 0 Å². The van der Waals surface area contributed by atoms with Gasteiger partial charge >= 0.3 is 0 Å². The number of benzene rings is 1. The van der Waals surface area contributed by atoms with Gasteiger partial charge in [-0.25, -0.2) is 8.42 Å². The van der Waals surface area contributed by atoms with Crippen molar-refractivity contribution in [3.05, 3.63) is 35.9 Å². The highest BCUT2D eigenvalue weighted by Gasteiger charge is 2.25. The second-order valence-electron chi connectivity index (χ2n) is 6.47. The Morgan fingerprint density at radius 2 is 1.77 bits per heavy atom. The van der Waals surface area contributed by atoms with Crippen LogP contribution >= 0.6 is 0 Å². The van der Waals surface area contributed by atoms with Gasteiger partial charge in [-0.1, -0.05) is 51.1 Å². The van der Waals surface area contributed by atoms with Gasteiger partial charge in [0.05, 0.1) is 6.26 Å². The molecule has 124 valence electrons. The molecule has 0 bridgehead atoms. The van der Waals surface area contributed by atoms with Gasteiger partial charge in [0.2, 0.25) is 15.9 Å². The maximum Gasteiger partial charge on any atom is 0.225 e. The van der Waals surface area contributed by atoms with Crippen LogP contribution in [0, 0.1) is 5.41 Å². The maximum absolute atomic E-state index is 12.0. The molecule has 6 heteroatoms. The molecule has 0 aromatic heterocycles. The first-order valence-corrected chi connectivity index (χ1v) is 9.18. The molecule has 1 aromatic carbocycles. The van der Waals surface area contributed by atoms with Gasteiger partial charge in [0.15, 0.2) is 0 Å². The zero-order valence-electron chi connectivity index (χ0n) is 14.0. The number of amides is 1. The van der Waals surface area contributed by atoms with E-state index < -0.39 is 15.4 Å². The Balaban J connectivity index is 2.77. The minimum atomic E-state index is -3.36. The fraction of sp³-hybridized carbons (Fsp3) is 0.562. The molecule has 0 saturated carbocycles. The molecule has 0 fully saturated rings. The molecular weight excluding hydrogens is 300 g/mol. The normalized spacial score (nSPS) is 13.9. The van der Waals surface area contributed by atoms with Crippen molar-refractivity contribution in [2.45, 2.75) is 33.7 Å². The number of nitrogens with zero attached hydrogens (tertiary/aromatic N) is 1. The van der Waals surface area contributed by atoms with E-state index in [4.69, 9.17) is 0 Å². The van der Waals surface area contributed by atoms with Gasteiger partial charge in [0, 0.05) is 24.5 Å². The molecule has 0 aliphatic carbocycles. The summed E-state index contributed by atoms with van der Waals surface area (Å²) in [4.78, 5) is 11.9. The molecular formula is C16H26N2O3S. The first-order valence-electron chi connectivity index (χ1n) is 7.33. The van der Waals surface area contributed by atoms with E-state index >= 15 is 0 Å². The van der Waals surface area contributed by atoms with Crippen LogP contribution in [-0.2, 0) is 14.8 Å². The third kappa shape index (κ3) is 5.42. The topological polar surface area (TPSA) is 66.5 Å². The lowest BCUT2D eigenvalue weighted by molar-refractivity contribution is -0.128. The highest BCUT2D eigenvalue weighted by molar-refractivity contribution is 7.88. The van der Waals surface area contributed by atoms with Crippen LogP contribution in [0.5, 0.6) is 0 Å². The zero-order chi connectivity index (χ0) is 17.0. The minimum Gasteiger partial charge on any atom is -0.354 e. The molecule has 0 aliphatic heterocycles. The van der Waals surface area contributed by atoms with E-state index in [9.17, 15) is 13.2 Å². The summed E-state index contributed by atoms with van der Waals surface area (Å²) in [5, 5.41) is 2.79. The van der Waals surface area contributed by atoms with Gasteiger partial charge < -0.3 is 5.32 Å². The van der Waals surface area contributed by atoms with E-state index in [0.717, 1.165) is 5.56 Å². The summed E-state index contributed by atoms with van der Waals surface area (Å²) >= 11 is 0. The lowest BCUT2D eigenvalue weighted by atomic mass is 9.96. The second kappa shape index (κ2) is 7.24. The van der Waals surface area contributed by atoms with Crippen LogP contribution < -0.4 is 5.32 Å². The average molecular weight is 326 g/mol. The Bertz CT molecular complexity index is 592. The Hall–Kier alpha value is -1.40. The number of rotatable bonds is 6. The van der Waals surface area contributed by atoms with Gasteiger partial charge in [-0.05, 0) is 12.5 Å². The first-order chi connectivity index (χ1) is 10.0. The Kier molecular flexibility index (Phi) is 6.14. The molecule has 5 nitrogen and oxygen atoms in total. The molecule has 1 rings (SSSR count). The molecule has 22 heavy (non-hydrogen) atoms. The van der Waals surface area contributed by atoms with E-state index in [1.165, 1.54) is 10.6 Å². The Morgan fingerprint density at radius 1 is 1.23 bits per heavy atom. The number of nitrogens with one attached hydrogen (secondary N) is 1. The Morgan fingerprint density at radius 3 is 2.23 bits per heavy atom. The number of carbonyl (C=O) groups is 1. The third-order valence-electron chi connectivity index (χ3n) is 3.44. The maximum atomic E-state index is 12.0. The molecule has 0 radical (unpaired) electrons. The molecule has 1 aromatic rings. The highest BCUT2D eigenvalue weighted by Crippen LogP contribution is 2.22. The Labute approximate surface area is 133 Å². The molecule has 0 aliphatic rings. The lowest BCUT2D eigenvalue weighted by Gasteiger charge is -2.28. The average Bonchev–Trinajstić information content (AvgIpc) is 2.41. The van der Waals surface area contributed by atoms with Crippen LogP contribution in [0.1, 0.15) is 39.3 Å². The van der Waals surface area contributed by atoms with Crippen LogP contribution in [0.25, 0.3) is 0 Å². The largest absolute Gasteiger partial charge is 0.354 e. The van der Waals surface area contributed by atoms with Crippen molar-refractivity contribution in [1.82, 2.24) is 9.62 Å². The molecule has 1 unspecified atom stereocenters. The summed E-state index contributed by atoms with van der Waals surface area (Å²) in [7, 11) is -3.36. The van der Waals surface area contributed by atoms with Gasteiger partial charge in [-0.15, -0.1) is 0 Å². The van der Waals surface area contributed by atoms with Crippen molar-refractivity contribution in [3.8, 4) is 0 Å². The standard InChI is InChI=1S/C16H26N2O3S/c1-13(14-9-7-6-8-10-14)18(22(5,20)21)12-11-17-15(19)16(2,3)4/h6-10,13H,11-12H2,1-5H3,(H,17,19). The monoisotopic (exact) mass is 326 g/mol. The van der Waals surface area contributed by atoms with E-state index in [1.54, 1.807) is 0 Å². The SMILES string of the molecule is CC(c1ccccc1)N(CCNC(=O)C(C)(C)C)S(C)(=O)=O. The lowest BCUT2D eigenvalue weighted by Crippen LogP contribution is -2.42. The van der Waals surface area contributed by atoms with Crippen molar-refractivity contribution in [2.24, 2.45) is 5.41 Å². The van der Waals surface area contributed by atoms with Crippen LogP contribution in [0.15, 0.2) is 30.3 Å². The van der Waals surface area contributed by atoms with Gasteiger partial charge in [-0.3, -0.25) is 4.79 Å². The van der Waals surface area contributed by atoms with E-state index in [1.807, 2.05) is 58.0 Å². The number of hydrogen-bond donors (Lipinski definition) is 1. The van der Waals surface area contributed by atoms with E-state index in [-0.39, 0.29) is 18.5 Å². The zero-order valence-corrected chi connectivity index (χ0v) is 14.8. The number of carbonyl (C=O) groups excluding carboxylic acids is 1. The quantitative estimate of drug-likeness (QED) is 0.871. The molecule has 1 N–H and O–H groups in total.